The lowest BCUT2D eigenvalue weighted by Crippen LogP contribution is -2.20. The van der Waals surface area contributed by atoms with E-state index in [-0.39, 0.29) is 23.5 Å². The van der Waals surface area contributed by atoms with Crippen LogP contribution in [0, 0.1) is 5.92 Å². The van der Waals surface area contributed by atoms with E-state index in [1.54, 1.807) is 24.3 Å². The summed E-state index contributed by atoms with van der Waals surface area (Å²) >= 11 is 0. The summed E-state index contributed by atoms with van der Waals surface area (Å²) in [5.74, 6) is 0.441. The maximum absolute atomic E-state index is 12.8. The van der Waals surface area contributed by atoms with Crippen LogP contribution in [0.4, 0.5) is 13.2 Å². The molecular formula is C24H19F3N2O2. The van der Waals surface area contributed by atoms with Gasteiger partial charge in [-0.3, -0.25) is 4.79 Å². The molecule has 2 atom stereocenters. The van der Waals surface area contributed by atoms with Gasteiger partial charge in [-0.25, -0.2) is 5.43 Å². The maximum atomic E-state index is 12.8. The van der Waals surface area contributed by atoms with E-state index in [0.717, 1.165) is 24.1 Å². The minimum absolute atomic E-state index is 0.0814. The Morgan fingerprint density at radius 2 is 1.68 bits per heavy atom. The van der Waals surface area contributed by atoms with Crippen LogP contribution in [0.1, 0.15) is 29.0 Å². The molecule has 0 aromatic heterocycles. The van der Waals surface area contributed by atoms with E-state index in [2.05, 4.69) is 10.5 Å². The van der Waals surface area contributed by atoms with Crippen molar-refractivity contribution in [2.45, 2.75) is 18.5 Å². The molecule has 0 saturated heterocycles. The van der Waals surface area contributed by atoms with E-state index in [1.807, 2.05) is 30.3 Å². The topological polar surface area (TPSA) is 50.7 Å². The second-order valence-electron chi connectivity index (χ2n) is 7.29. The Labute approximate surface area is 177 Å². The highest BCUT2D eigenvalue weighted by atomic mass is 19.4. The van der Waals surface area contributed by atoms with Gasteiger partial charge in [-0.2, -0.15) is 18.3 Å². The average molecular weight is 424 g/mol. The van der Waals surface area contributed by atoms with Crippen LogP contribution < -0.4 is 10.2 Å². The van der Waals surface area contributed by atoms with Crippen LogP contribution in [-0.2, 0) is 11.0 Å². The highest BCUT2D eigenvalue weighted by Gasteiger charge is 2.43. The molecule has 0 aliphatic heterocycles. The standard InChI is InChI=1S/C24H19F3N2O2/c25-24(26,27)18-9-5-11-20(13-18)31-19-10-4-6-16(12-19)15-28-29-23(30)22-14-21(22)17-7-2-1-3-8-17/h1-13,15,21-22H,14H2,(H,29,30). The van der Waals surface area contributed by atoms with Crippen molar-refractivity contribution in [2.24, 2.45) is 11.0 Å². The normalized spacial score (nSPS) is 18.0. The van der Waals surface area contributed by atoms with Crippen LogP contribution in [-0.4, -0.2) is 12.1 Å². The van der Waals surface area contributed by atoms with Gasteiger partial charge in [-0.1, -0.05) is 48.5 Å². The summed E-state index contributed by atoms with van der Waals surface area (Å²) < 4.78 is 44.1. The molecular weight excluding hydrogens is 405 g/mol. The zero-order valence-electron chi connectivity index (χ0n) is 16.3. The number of carbonyl (C=O) groups excluding carboxylic acids is 1. The van der Waals surface area contributed by atoms with Gasteiger partial charge in [0.25, 0.3) is 0 Å². The van der Waals surface area contributed by atoms with Gasteiger partial charge in [0, 0.05) is 5.92 Å². The van der Waals surface area contributed by atoms with E-state index in [9.17, 15) is 18.0 Å². The monoisotopic (exact) mass is 424 g/mol. The Bertz CT molecular complexity index is 1100. The molecule has 1 fully saturated rings. The Kier molecular flexibility index (Phi) is 5.75. The molecule has 0 heterocycles. The first kappa shape index (κ1) is 20.7. The van der Waals surface area contributed by atoms with Gasteiger partial charge >= 0.3 is 6.18 Å². The number of carbonyl (C=O) groups is 1. The van der Waals surface area contributed by atoms with Crippen molar-refractivity contribution in [1.82, 2.24) is 5.43 Å². The zero-order chi connectivity index (χ0) is 21.8. The molecule has 1 aliphatic rings. The van der Waals surface area contributed by atoms with Crippen molar-refractivity contribution in [1.29, 1.82) is 0 Å². The lowest BCUT2D eigenvalue weighted by atomic mass is 10.1. The van der Waals surface area contributed by atoms with Crippen molar-refractivity contribution < 1.29 is 22.7 Å². The molecule has 1 saturated carbocycles. The maximum Gasteiger partial charge on any atom is 0.416 e. The van der Waals surface area contributed by atoms with Gasteiger partial charge < -0.3 is 4.74 Å². The number of amides is 1. The van der Waals surface area contributed by atoms with Gasteiger partial charge in [-0.15, -0.1) is 0 Å². The minimum atomic E-state index is -4.44. The second kappa shape index (κ2) is 8.63. The summed E-state index contributed by atoms with van der Waals surface area (Å²) in [6, 6.07) is 21.2. The van der Waals surface area contributed by atoms with Crippen molar-refractivity contribution in [3.8, 4) is 11.5 Å². The minimum Gasteiger partial charge on any atom is -0.457 e. The number of nitrogens with one attached hydrogen (secondary N) is 1. The molecule has 0 radical (unpaired) electrons. The number of hydrogen-bond donors (Lipinski definition) is 1. The number of rotatable bonds is 6. The Morgan fingerprint density at radius 3 is 2.42 bits per heavy atom. The number of hydrogen-bond acceptors (Lipinski definition) is 3. The summed E-state index contributed by atoms with van der Waals surface area (Å²) in [7, 11) is 0. The smallest absolute Gasteiger partial charge is 0.416 e. The summed E-state index contributed by atoms with van der Waals surface area (Å²) in [4.78, 5) is 12.3. The van der Waals surface area contributed by atoms with E-state index in [1.165, 1.54) is 18.3 Å². The molecule has 1 aliphatic carbocycles. The van der Waals surface area contributed by atoms with Crippen LogP contribution in [0.15, 0.2) is 84.0 Å². The van der Waals surface area contributed by atoms with Crippen LogP contribution in [0.25, 0.3) is 0 Å². The highest BCUT2D eigenvalue weighted by Crippen LogP contribution is 2.47. The third-order valence-electron chi connectivity index (χ3n) is 5.00. The molecule has 1 amide bonds. The third kappa shape index (κ3) is 5.31. The van der Waals surface area contributed by atoms with E-state index < -0.39 is 11.7 Å². The molecule has 1 N–H and O–H groups in total. The number of nitrogens with zero attached hydrogens (tertiary/aromatic N) is 1. The molecule has 4 rings (SSSR count). The Morgan fingerprint density at radius 1 is 0.968 bits per heavy atom. The van der Waals surface area contributed by atoms with Crippen LogP contribution >= 0.6 is 0 Å². The van der Waals surface area contributed by atoms with Gasteiger partial charge in [0.15, 0.2) is 0 Å². The lowest BCUT2D eigenvalue weighted by molar-refractivity contribution is -0.137. The fourth-order valence-electron chi connectivity index (χ4n) is 3.34. The van der Waals surface area contributed by atoms with Crippen LogP contribution in [0.5, 0.6) is 11.5 Å². The van der Waals surface area contributed by atoms with Crippen molar-refractivity contribution >= 4 is 12.1 Å². The van der Waals surface area contributed by atoms with Gasteiger partial charge in [0.05, 0.1) is 11.8 Å². The fourth-order valence-corrected chi connectivity index (χ4v) is 3.34. The van der Waals surface area contributed by atoms with Gasteiger partial charge in [0.2, 0.25) is 5.91 Å². The average Bonchev–Trinajstić information content (AvgIpc) is 3.55. The van der Waals surface area contributed by atoms with Gasteiger partial charge in [0.1, 0.15) is 11.5 Å². The predicted octanol–water partition coefficient (Wildman–Crippen LogP) is 5.75. The molecule has 158 valence electrons. The third-order valence-corrected chi connectivity index (χ3v) is 5.00. The van der Waals surface area contributed by atoms with E-state index >= 15 is 0 Å². The predicted molar refractivity (Wildman–Crippen MR) is 111 cm³/mol. The summed E-state index contributed by atoms with van der Waals surface area (Å²) in [6.45, 7) is 0. The van der Waals surface area contributed by atoms with Crippen molar-refractivity contribution in [3.05, 3.63) is 95.6 Å². The van der Waals surface area contributed by atoms with E-state index in [0.29, 0.717) is 11.3 Å². The number of alkyl halides is 3. The summed E-state index contributed by atoms with van der Waals surface area (Å²) in [6.07, 6.45) is -2.17. The molecule has 2 unspecified atom stereocenters. The number of hydrazone groups is 1. The molecule has 3 aromatic carbocycles. The Hall–Kier alpha value is -3.61. The first-order valence-corrected chi connectivity index (χ1v) is 9.73. The summed E-state index contributed by atoms with van der Waals surface area (Å²) in [5.41, 5.74) is 3.56. The molecule has 31 heavy (non-hydrogen) atoms. The highest BCUT2D eigenvalue weighted by molar-refractivity contribution is 5.85. The largest absolute Gasteiger partial charge is 0.457 e. The zero-order valence-corrected chi connectivity index (χ0v) is 16.3. The number of benzene rings is 3. The van der Waals surface area contributed by atoms with E-state index in [4.69, 9.17) is 4.74 Å². The van der Waals surface area contributed by atoms with Crippen molar-refractivity contribution in [2.75, 3.05) is 0 Å². The van der Waals surface area contributed by atoms with Crippen LogP contribution in [0.3, 0.4) is 0 Å². The first-order valence-electron chi connectivity index (χ1n) is 9.73. The molecule has 0 bridgehead atoms. The quantitative estimate of drug-likeness (QED) is 0.405. The Balaban J connectivity index is 1.35. The first-order chi connectivity index (χ1) is 14.9. The molecule has 7 heteroatoms. The van der Waals surface area contributed by atoms with Crippen molar-refractivity contribution in [3.63, 3.8) is 0 Å². The SMILES string of the molecule is O=C(NN=Cc1cccc(Oc2cccc(C(F)(F)F)c2)c1)C1CC1c1ccccc1. The number of halogens is 3. The molecule has 0 spiro atoms. The molecule has 3 aromatic rings. The number of ether oxygens (including phenoxy) is 1. The summed E-state index contributed by atoms with van der Waals surface area (Å²) in [5, 5.41) is 4.00. The lowest BCUT2D eigenvalue weighted by Gasteiger charge is -2.10. The van der Waals surface area contributed by atoms with Crippen LogP contribution in [0.2, 0.25) is 0 Å². The fraction of sp³-hybridized carbons (Fsp3) is 0.167. The van der Waals surface area contributed by atoms with Gasteiger partial charge in [-0.05, 0) is 53.8 Å². The second-order valence-corrected chi connectivity index (χ2v) is 7.29. The molecule has 4 nitrogen and oxygen atoms in total.